The molecule has 0 saturated heterocycles. The fourth-order valence-corrected chi connectivity index (χ4v) is 6.23. The maximum atomic E-state index is 13.5. The Kier molecular flexibility index (Phi) is 24.9. The Morgan fingerprint density at radius 1 is 0.455 bits per heavy atom. The molecule has 12 nitrogen and oxygen atoms in total. The normalized spacial score (nSPS) is 14.3. The minimum atomic E-state index is -0.973. The lowest BCUT2D eigenvalue weighted by molar-refractivity contribution is -0.135. The molecule has 0 saturated carbocycles. The molecule has 0 fully saturated rings. The van der Waals surface area contributed by atoms with E-state index in [4.69, 9.17) is 5.73 Å². The third-order valence-corrected chi connectivity index (χ3v) is 9.53. The van der Waals surface area contributed by atoms with E-state index in [0.29, 0.717) is 60.9 Å². The summed E-state index contributed by atoms with van der Waals surface area (Å²) in [6.45, 7) is 1.33. The van der Waals surface area contributed by atoms with E-state index >= 15 is 0 Å². The predicted octanol–water partition coefficient (Wildman–Crippen LogP) is 0.681. The first kappa shape index (κ1) is 42.6. The highest BCUT2D eigenvalue weighted by molar-refractivity contribution is 7.99. The zero-order valence-electron chi connectivity index (χ0n) is 26.5. The molecule has 0 spiro atoms. The van der Waals surface area contributed by atoms with Crippen LogP contribution in [0.3, 0.4) is 0 Å². The van der Waals surface area contributed by atoms with Crippen molar-refractivity contribution < 1.29 is 28.8 Å². The third-order valence-electron chi connectivity index (χ3n) is 6.31. The molecular formula is C27H50N6O6S5. The Labute approximate surface area is 283 Å². The average molecular weight is 715 g/mol. The number of hydrogen-bond donors (Lipinski definition) is 6. The Morgan fingerprint density at radius 2 is 0.682 bits per heavy atom. The van der Waals surface area contributed by atoms with Crippen LogP contribution >= 0.6 is 58.8 Å². The number of hydrogen-bond acceptors (Lipinski definition) is 11. The summed E-state index contributed by atoms with van der Waals surface area (Å²) in [6, 6.07) is -4.51. The molecule has 6 amide bonds. The summed E-state index contributed by atoms with van der Waals surface area (Å²) in [7, 11) is 0. The van der Waals surface area contributed by atoms with Crippen molar-refractivity contribution in [3.05, 3.63) is 0 Å². The molecule has 0 aromatic rings. The summed E-state index contributed by atoms with van der Waals surface area (Å²) in [6.07, 6.45) is 11.1. The molecule has 0 bridgehead atoms. The Balaban J connectivity index is 5.86. The van der Waals surface area contributed by atoms with Gasteiger partial charge in [0.2, 0.25) is 35.4 Å². The minimum absolute atomic E-state index is 0.290. The van der Waals surface area contributed by atoms with Crippen LogP contribution in [-0.4, -0.2) is 126 Å². The summed E-state index contributed by atoms with van der Waals surface area (Å²) in [4.78, 5) is 76.8. The number of carbonyl (C=O) groups excluding carboxylic acids is 6. The van der Waals surface area contributed by atoms with Gasteiger partial charge in [-0.3, -0.25) is 28.8 Å². The highest BCUT2D eigenvalue weighted by atomic mass is 32.2. The van der Waals surface area contributed by atoms with Gasteiger partial charge in [-0.2, -0.15) is 58.8 Å². The molecule has 5 atom stereocenters. The fourth-order valence-electron chi connectivity index (χ4n) is 3.87. The van der Waals surface area contributed by atoms with Crippen molar-refractivity contribution in [2.24, 2.45) is 5.73 Å². The van der Waals surface area contributed by atoms with Gasteiger partial charge in [-0.05, 0) is 92.1 Å². The summed E-state index contributed by atoms with van der Waals surface area (Å²) in [5, 5.41) is 13.6. The van der Waals surface area contributed by atoms with Gasteiger partial charge in [0.15, 0.2) is 0 Å². The lowest BCUT2D eigenvalue weighted by atomic mass is 10.1. The monoisotopic (exact) mass is 714 g/mol. The number of nitrogens with one attached hydrogen (secondary N) is 5. The van der Waals surface area contributed by atoms with Crippen LogP contribution in [0.2, 0.25) is 0 Å². The molecule has 17 heteroatoms. The van der Waals surface area contributed by atoms with Crippen molar-refractivity contribution in [2.45, 2.75) is 69.2 Å². The predicted molar refractivity (Wildman–Crippen MR) is 190 cm³/mol. The van der Waals surface area contributed by atoms with Gasteiger partial charge < -0.3 is 32.3 Å². The van der Waals surface area contributed by atoms with E-state index in [0.717, 1.165) is 0 Å². The van der Waals surface area contributed by atoms with Crippen LogP contribution < -0.4 is 32.3 Å². The van der Waals surface area contributed by atoms with E-state index in [2.05, 4.69) is 26.6 Å². The quantitative estimate of drug-likeness (QED) is 0.0781. The molecule has 0 rings (SSSR count). The van der Waals surface area contributed by atoms with Gasteiger partial charge in [-0.15, -0.1) is 0 Å². The van der Waals surface area contributed by atoms with Crippen molar-refractivity contribution in [3.8, 4) is 0 Å². The lowest BCUT2D eigenvalue weighted by Crippen LogP contribution is -2.59. The molecule has 0 aliphatic carbocycles. The van der Waals surface area contributed by atoms with Crippen LogP contribution in [0.15, 0.2) is 0 Å². The van der Waals surface area contributed by atoms with Crippen molar-refractivity contribution >= 4 is 94.3 Å². The molecule has 44 heavy (non-hydrogen) atoms. The van der Waals surface area contributed by atoms with Gasteiger partial charge >= 0.3 is 0 Å². The minimum Gasteiger partial charge on any atom is -0.368 e. The van der Waals surface area contributed by atoms with Crippen LogP contribution in [0.5, 0.6) is 0 Å². The molecule has 7 N–H and O–H groups in total. The molecule has 254 valence electrons. The first-order chi connectivity index (χ1) is 20.9. The number of rotatable bonds is 25. The van der Waals surface area contributed by atoms with Crippen LogP contribution in [-0.2, 0) is 28.8 Å². The molecule has 0 aliphatic rings. The van der Waals surface area contributed by atoms with Gasteiger partial charge in [0.25, 0.3) is 0 Å². The molecule has 0 radical (unpaired) electrons. The first-order valence-corrected chi connectivity index (χ1v) is 21.1. The maximum Gasteiger partial charge on any atom is 0.243 e. The maximum absolute atomic E-state index is 13.5. The SMILES string of the molecule is CSCC[C@H](NC(=O)[C@H](CCSC)NC(=O)[C@@H](CCSC)NC(=O)[C@H](CCSC)NC(=O)[C@@H](CCSC)NC(C)=O)C(N)=O. The Bertz CT molecular complexity index is 918. The van der Waals surface area contributed by atoms with E-state index in [9.17, 15) is 28.8 Å². The number of carbonyl (C=O) groups is 6. The standard InChI is InChI=1S/C27H50N6O6S5/c1-17(34)29-19(8-13-41-3)24(36)31-21(10-15-43-5)26(38)33-22(11-16-44-6)27(39)32-20(9-14-42-4)25(37)30-18(23(28)35)7-12-40-2/h18-22H,7-16H2,1-6H3,(H2,28,35)(H,29,34)(H,30,37)(H,31,36)(H,32,39)(H,33,38)/t18-,19+,20-,21-,22+/m0/s1. The van der Waals surface area contributed by atoms with E-state index in [1.54, 1.807) is 0 Å². The second kappa shape index (κ2) is 25.7. The second-order valence-corrected chi connectivity index (χ2v) is 14.7. The first-order valence-electron chi connectivity index (χ1n) is 14.2. The lowest BCUT2D eigenvalue weighted by Gasteiger charge is -2.27. The van der Waals surface area contributed by atoms with Crippen LogP contribution in [0.1, 0.15) is 39.0 Å². The van der Waals surface area contributed by atoms with E-state index in [1.807, 2.05) is 31.3 Å². The van der Waals surface area contributed by atoms with Crippen LogP contribution in [0.25, 0.3) is 0 Å². The molecule has 0 unspecified atom stereocenters. The molecule has 0 aromatic heterocycles. The summed E-state index contributed by atoms with van der Waals surface area (Å²) < 4.78 is 0. The number of nitrogens with two attached hydrogens (primary N) is 1. The van der Waals surface area contributed by atoms with Crippen molar-refractivity contribution in [3.63, 3.8) is 0 Å². The summed E-state index contributed by atoms with van der Waals surface area (Å²) in [5.74, 6) is -0.112. The molecule has 0 aliphatic heterocycles. The van der Waals surface area contributed by atoms with E-state index in [-0.39, 0.29) is 5.91 Å². The van der Waals surface area contributed by atoms with Crippen LogP contribution in [0, 0.1) is 0 Å². The summed E-state index contributed by atoms with van der Waals surface area (Å²) >= 11 is 7.57. The molecular weight excluding hydrogens is 665 g/mol. The Morgan fingerprint density at radius 3 is 0.909 bits per heavy atom. The van der Waals surface area contributed by atoms with Gasteiger partial charge in [0.1, 0.15) is 30.2 Å². The topological polar surface area (TPSA) is 189 Å². The smallest absolute Gasteiger partial charge is 0.243 e. The highest BCUT2D eigenvalue weighted by Crippen LogP contribution is 2.09. The van der Waals surface area contributed by atoms with Gasteiger partial charge in [-0.1, -0.05) is 0 Å². The summed E-state index contributed by atoms with van der Waals surface area (Å²) in [5.41, 5.74) is 5.49. The van der Waals surface area contributed by atoms with Gasteiger partial charge in [0, 0.05) is 6.92 Å². The van der Waals surface area contributed by atoms with Gasteiger partial charge in [0.05, 0.1) is 0 Å². The number of amides is 6. The zero-order valence-corrected chi connectivity index (χ0v) is 30.6. The fraction of sp³-hybridized carbons (Fsp3) is 0.778. The second-order valence-electron chi connectivity index (χ2n) is 9.81. The van der Waals surface area contributed by atoms with Crippen molar-refractivity contribution in [1.82, 2.24) is 26.6 Å². The number of primary amides is 1. The van der Waals surface area contributed by atoms with E-state index in [1.165, 1.54) is 65.7 Å². The largest absolute Gasteiger partial charge is 0.368 e. The molecule has 0 heterocycles. The highest BCUT2D eigenvalue weighted by Gasteiger charge is 2.31. The average Bonchev–Trinajstić information content (AvgIpc) is 2.98. The third kappa shape index (κ3) is 18.5. The van der Waals surface area contributed by atoms with Crippen molar-refractivity contribution in [1.29, 1.82) is 0 Å². The van der Waals surface area contributed by atoms with E-state index < -0.39 is 59.7 Å². The van der Waals surface area contributed by atoms with Crippen LogP contribution in [0.4, 0.5) is 0 Å². The Hall–Kier alpha value is -1.43. The molecule has 0 aromatic carbocycles. The number of thioether (sulfide) groups is 5. The zero-order chi connectivity index (χ0) is 33.5. The van der Waals surface area contributed by atoms with Crippen molar-refractivity contribution in [2.75, 3.05) is 60.0 Å². The van der Waals surface area contributed by atoms with Gasteiger partial charge in [-0.25, -0.2) is 0 Å².